The second kappa shape index (κ2) is 8.90. The monoisotopic (exact) mass is 508 g/mol. The maximum absolute atomic E-state index is 12.4. The third kappa shape index (κ3) is 4.58. The SMILES string of the molecule is CC(C)(C)CC(=O)Nc1cncc(-c2ccc3[nH]nc(-c4nc5c(-c6ccsc6)cncc5[nH]4)c3n2)c1. The fourth-order valence-electron chi connectivity index (χ4n) is 4.23. The number of thiophene rings is 1. The third-order valence-electron chi connectivity index (χ3n) is 5.87. The van der Waals surface area contributed by atoms with Crippen molar-refractivity contribution < 1.29 is 4.79 Å². The number of hydrogen-bond donors (Lipinski definition) is 3. The molecule has 6 rings (SSSR count). The van der Waals surface area contributed by atoms with E-state index in [4.69, 9.17) is 9.97 Å². The molecule has 6 aromatic heterocycles. The predicted molar refractivity (Wildman–Crippen MR) is 146 cm³/mol. The largest absolute Gasteiger partial charge is 0.335 e. The van der Waals surface area contributed by atoms with Crippen molar-refractivity contribution in [3.05, 3.63) is 59.8 Å². The van der Waals surface area contributed by atoms with Crippen LogP contribution in [0.1, 0.15) is 27.2 Å². The summed E-state index contributed by atoms with van der Waals surface area (Å²) in [5.74, 6) is 0.560. The fraction of sp³-hybridized carbons (Fsp3) is 0.185. The van der Waals surface area contributed by atoms with Crippen LogP contribution in [0.3, 0.4) is 0 Å². The molecule has 6 heterocycles. The maximum Gasteiger partial charge on any atom is 0.224 e. The average Bonchev–Trinajstić information content (AvgIpc) is 3.61. The Morgan fingerprint density at radius 3 is 2.65 bits per heavy atom. The van der Waals surface area contributed by atoms with E-state index in [1.165, 1.54) is 0 Å². The number of H-pyrrole nitrogens is 2. The van der Waals surface area contributed by atoms with Crippen molar-refractivity contribution in [3.8, 4) is 33.9 Å². The standard InChI is InChI=1S/C27H24N8OS/c1-27(2,3)9-22(36)30-17-8-16(10-28-11-17)19-4-5-20-24(31-19)25(35-34-20)26-32-21-13-29-12-18(23(21)33-26)15-6-7-37-14-15/h4-8,10-14H,9H2,1-3H3,(H,30,36)(H,32,33)(H,34,35). The molecule has 0 aromatic carbocycles. The summed E-state index contributed by atoms with van der Waals surface area (Å²) < 4.78 is 0. The molecule has 0 unspecified atom stereocenters. The lowest BCUT2D eigenvalue weighted by Crippen LogP contribution is -2.19. The molecular formula is C27H24N8OS. The topological polar surface area (TPSA) is 125 Å². The van der Waals surface area contributed by atoms with E-state index in [0.717, 1.165) is 33.2 Å². The number of aromatic amines is 2. The number of hydrogen-bond acceptors (Lipinski definition) is 7. The quantitative estimate of drug-likeness (QED) is 0.260. The zero-order valence-corrected chi connectivity index (χ0v) is 21.3. The van der Waals surface area contributed by atoms with Crippen LogP contribution >= 0.6 is 11.3 Å². The molecule has 0 aliphatic carbocycles. The number of carbonyl (C=O) groups excluding carboxylic acids is 1. The highest BCUT2D eigenvalue weighted by atomic mass is 32.1. The van der Waals surface area contributed by atoms with Gasteiger partial charge in [0.15, 0.2) is 11.5 Å². The minimum atomic E-state index is -0.101. The molecule has 0 radical (unpaired) electrons. The lowest BCUT2D eigenvalue weighted by atomic mass is 9.92. The zero-order chi connectivity index (χ0) is 25.6. The van der Waals surface area contributed by atoms with Gasteiger partial charge in [0, 0.05) is 29.9 Å². The van der Waals surface area contributed by atoms with Gasteiger partial charge in [-0.15, -0.1) is 0 Å². The number of fused-ring (bicyclic) bond motifs is 2. The van der Waals surface area contributed by atoms with Gasteiger partial charge in [0.1, 0.15) is 11.0 Å². The van der Waals surface area contributed by atoms with Crippen LogP contribution in [-0.4, -0.2) is 41.0 Å². The Hall–Kier alpha value is -4.44. The first-order chi connectivity index (χ1) is 17.8. The number of aromatic nitrogens is 7. The van der Waals surface area contributed by atoms with Crippen LogP contribution in [0.4, 0.5) is 5.69 Å². The molecule has 0 atom stereocenters. The smallest absolute Gasteiger partial charge is 0.224 e. The first kappa shape index (κ1) is 23.0. The molecule has 184 valence electrons. The van der Waals surface area contributed by atoms with E-state index in [0.29, 0.717) is 34.8 Å². The third-order valence-corrected chi connectivity index (χ3v) is 6.55. The molecule has 0 fully saturated rings. The van der Waals surface area contributed by atoms with Crippen LogP contribution in [0.5, 0.6) is 0 Å². The van der Waals surface area contributed by atoms with Crippen molar-refractivity contribution in [2.45, 2.75) is 27.2 Å². The predicted octanol–water partition coefficient (Wildman–Crippen LogP) is 6.06. The first-order valence-electron chi connectivity index (χ1n) is 11.8. The average molecular weight is 509 g/mol. The Kier molecular flexibility index (Phi) is 5.53. The number of rotatable bonds is 5. The summed E-state index contributed by atoms with van der Waals surface area (Å²) in [5, 5.41) is 14.6. The van der Waals surface area contributed by atoms with Gasteiger partial charge in [-0.3, -0.25) is 19.9 Å². The molecule has 6 aromatic rings. The van der Waals surface area contributed by atoms with Crippen molar-refractivity contribution >= 4 is 45.0 Å². The van der Waals surface area contributed by atoms with Gasteiger partial charge >= 0.3 is 0 Å². The van der Waals surface area contributed by atoms with Gasteiger partial charge in [0.25, 0.3) is 0 Å². The number of anilines is 1. The molecule has 9 nitrogen and oxygen atoms in total. The summed E-state index contributed by atoms with van der Waals surface area (Å²) in [5.41, 5.74) is 7.83. The van der Waals surface area contributed by atoms with E-state index in [1.54, 1.807) is 29.9 Å². The summed E-state index contributed by atoms with van der Waals surface area (Å²) in [6, 6.07) is 7.77. The van der Waals surface area contributed by atoms with Crippen molar-refractivity contribution in [2.24, 2.45) is 5.41 Å². The Morgan fingerprint density at radius 2 is 1.84 bits per heavy atom. The maximum atomic E-state index is 12.4. The molecule has 0 bridgehead atoms. The molecule has 3 N–H and O–H groups in total. The van der Waals surface area contributed by atoms with Gasteiger partial charge in [-0.2, -0.15) is 16.4 Å². The summed E-state index contributed by atoms with van der Waals surface area (Å²) in [7, 11) is 0. The molecule has 0 saturated carbocycles. The lowest BCUT2D eigenvalue weighted by molar-refractivity contribution is -0.117. The van der Waals surface area contributed by atoms with Crippen LogP contribution in [0.25, 0.3) is 56.0 Å². The number of imidazole rings is 1. The van der Waals surface area contributed by atoms with E-state index < -0.39 is 0 Å². The van der Waals surface area contributed by atoms with Crippen LogP contribution in [0.15, 0.2) is 59.8 Å². The van der Waals surface area contributed by atoms with Gasteiger partial charge in [0.2, 0.25) is 5.91 Å². The Balaban J connectivity index is 1.36. The molecule has 0 aliphatic heterocycles. The Labute approximate surface area is 216 Å². The van der Waals surface area contributed by atoms with Crippen LogP contribution in [0.2, 0.25) is 0 Å². The number of nitrogens with one attached hydrogen (secondary N) is 3. The summed E-state index contributed by atoms with van der Waals surface area (Å²) in [6.45, 7) is 6.10. The van der Waals surface area contributed by atoms with Crippen molar-refractivity contribution in [2.75, 3.05) is 5.32 Å². The van der Waals surface area contributed by atoms with Crippen molar-refractivity contribution in [1.29, 1.82) is 0 Å². The fourth-order valence-corrected chi connectivity index (χ4v) is 4.89. The zero-order valence-electron chi connectivity index (χ0n) is 20.5. The highest BCUT2D eigenvalue weighted by Crippen LogP contribution is 2.32. The molecular weight excluding hydrogens is 484 g/mol. The van der Waals surface area contributed by atoms with E-state index in [-0.39, 0.29) is 11.3 Å². The molecule has 0 spiro atoms. The number of pyridine rings is 3. The van der Waals surface area contributed by atoms with Gasteiger partial charge in [-0.1, -0.05) is 20.8 Å². The highest BCUT2D eigenvalue weighted by Gasteiger charge is 2.18. The van der Waals surface area contributed by atoms with Crippen LogP contribution in [-0.2, 0) is 4.79 Å². The summed E-state index contributed by atoms with van der Waals surface area (Å²) >= 11 is 1.63. The van der Waals surface area contributed by atoms with Crippen molar-refractivity contribution in [1.82, 2.24) is 35.1 Å². The van der Waals surface area contributed by atoms with Gasteiger partial charge in [0.05, 0.1) is 34.8 Å². The highest BCUT2D eigenvalue weighted by molar-refractivity contribution is 7.08. The lowest BCUT2D eigenvalue weighted by Gasteiger charge is -2.17. The Morgan fingerprint density at radius 1 is 0.973 bits per heavy atom. The van der Waals surface area contributed by atoms with E-state index in [1.807, 2.05) is 50.5 Å². The molecule has 10 heteroatoms. The number of amides is 1. The normalized spacial score (nSPS) is 11.9. The Bertz CT molecular complexity index is 1740. The second-order valence-electron chi connectivity index (χ2n) is 10.1. The molecule has 1 amide bonds. The van der Waals surface area contributed by atoms with E-state index in [9.17, 15) is 4.79 Å². The first-order valence-corrected chi connectivity index (χ1v) is 12.8. The summed E-state index contributed by atoms with van der Waals surface area (Å²) in [4.78, 5) is 34.2. The van der Waals surface area contributed by atoms with Crippen LogP contribution < -0.4 is 5.32 Å². The second-order valence-corrected chi connectivity index (χ2v) is 10.9. The minimum absolute atomic E-state index is 0.0480. The van der Waals surface area contributed by atoms with Crippen molar-refractivity contribution in [3.63, 3.8) is 0 Å². The van der Waals surface area contributed by atoms with Gasteiger partial charge in [-0.25, -0.2) is 9.97 Å². The van der Waals surface area contributed by atoms with Gasteiger partial charge < -0.3 is 10.3 Å². The summed E-state index contributed by atoms with van der Waals surface area (Å²) in [6.07, 6.45) is 7.38. The number of carbonyl (C=O) groups is 1. The van der Waals surface area contributed by atoms with E-state index in [2.05, 4.69) is 41.9 Å². The van der Waals surface area contributed by atoms with E-state index >= 15 is 0 Å². The van der Waals surface area contributed by atoms with Gasteiger partial charge in [-0.05, 0) is 46.0 Å². The van der Waals surface area contributed by atoms with Crippen LogP contribution in [0, 0.1) is 5.41 Å². The molecule has 37 heavy (non-hydrogen) atoms. The number of nitrogens with zero attached hydrogens (tertiary/aromatic N) is 5. The molecule has 0 aliphatic rings. The minimum Gasteiger partial charge on any atom is -0.335 e. The molecule has 0 saturated heterocycles.